The van der Waals surface area contributed by atoms with Crippen molar-refractivity contribution in [2.75, 3.05) is 12.0 Å². The van der Waals surface area contributed by atoms with Crippen molar-refractivity contribution in [2.45, 2.75) is 32.6 Å². The van der Waals surface area contributed by atoms with Gasteiger partial charge in [-0.3, -0.25) is 24.2 Å². The van der Waals surface area contributed by atoms with E-state index in [1.54, 1.807) is 26.1 Å². The van der Waals surface area contributed by atoms with Crippen molar-refractivity contribution in [3.05, 3.63) is 57.9 Å². The molecule has 162 valence electrons. The van der Waals surface area contributed by atoms with Gasteiger partial charge in [-0.25, -0.2) is 0 Å². The summed E-state index contributed by atoms with van der Waals surface area (Å²) in [5, 5.41) is 3.69. The molecule has 11 heteroatoms. The highest BCUT2D eigenvalue weighted by molar-refractivity contribution is 6.10. The van der Waals surface area contributed by atoms with Gasteiger partial charge in [0.15, 0.2) is 5.43 Å². The average molecular weight is 433 g/mol. The highest BCUT2D eigenvalue weighted by Gasteiger charge is 2.39. The van der Waals surface area contributed by atoms with E-state index in [1.165, 1.54) is 24.3 Å². The molecule has 0 aromatic carbocycles. The molecule has 4 rings (SSSR count). The molecule has 1 atom stereocenters. The molecule has 0 saturated heterocycles. The van der Waals surface area contributed by atoms with Gasteiger partial charge in [-0.1, -0.05) is 0 Å². The molecule has 0 spiro atoms. The maximum absolute atomic E-state index is 12.9. The zero-order valence-electron chi connectivity index (χ0n) is 16.8. The fourth-order valence-electron chi connectivity index (χ4n) is 3.65. The Kier molecular flexibility index (Phi) is 4.83. The number of aryl methyl sites for hydroxylation is 1. The van der Waals surface area contributed by atoms with E-state index in [0.29, 0.717) is 33.1 Å². The summed E-state index contributed by atoms with van der Waals surface area (Å²) in [5.74, 6) is -0.0526. The van der Waals surface area contributed by atoms with Crippen LogP contribution in [0.3, 0.4) is 0 Å². The number of carbonyl (C=O) groups excluding carboxylic acids is 1. The molecule has 3 aromatic heterocycles. The SMILES string of the molecule is COc1cc(-c2cc(=O)c3c([nH]2)[C@H](C)N(c2cnn(CC(F)(F)F)c2)C3=O)cnc1C. The monoisotopic (exact) mass is 433 g/mol. The maximum Gasteiger partial charge on any atom is 0.408 e. The van der Waals surface area contributed by atoms with Gasteiger partial charge in [0.05, 0.1) is 42.1 Å². The molecule has 0 saturated carbocycles. The van der Waals surface area contributed by atoms with Crippen molar-refractivity contribution < 1.29 is 22.7 Å². The number of aromatic amines is 1. The number of alkyl halides is 3. The lowest BCUT2D eigenvalue weighted by molar-refractivity contribution is -0.142. The van der Waals surface area contributed by atoms with Gasteiger partial charge < -0.3 is 9.72 Å². The summed E-state index contributed by atoms with van der Waals surface area (Å²) >= 11 is 0. The number of rotatable bonds is 4. The second-order valence-corrected chi connectivity index (χ2v) is 7.21. The van der Waals surface area contributed by atoms with Gasteiger partial charge in [0.1, 0.15) is 17.9 Å². The van der Waals surface area contributed by atoms with Gasteiger partial charge in [0, 0.05) is 24.0 Å². The van der Waals surface area contributed by atoms with Crippen LogP contribution in [-0.4, -0.2) is 38.9 Å². The first-order chi connectivity index (χ1) is 14.6. The van der Waals surface area contributed by atoms with Crippen LogP contribution < -0.4 is 15.1 Å². The Bertz CT molecular complexity index is 1230. The molecule has 8 nitrogen and oxygen atoms in total. The molecule has 3 aromatic rings. The Morgan fingerprint density at radius 3 is 2.65 bits per heavy atom. The minimum Gasteiger partial charge on any atom is -0.495 e. The Hall–Kier alpha value is -3.63. The van der Waals surface area contributed by atoms with Crippen LogP contribution in [0.2, 0.25) is 0 Å². The number of fused-ring (bicyclic) bond motifs is 1. The molecular weight excluding hydrogens is 415 g/mol. The third-order valence-electron chi connectivity index (χ3n) is 5.11. The number of amides is 1. The van der Waals surface area contributed by atoms with Crippen molar-refractivity contribution in [3.8, 4) is 17.0 Å². The standard InChI is InChI=1S/C20H18F3N5O3/c1-10-16(31-3)4-12(6-24-10)14-5-15(29)17-18(26-14)11(2)28(19(17)30)13-7-25-27(8-13)9-20(21,22)23/h4-8,11H,9H2,1-3H3,(H,26,29)/t11-/m0/s1. The van der Waals surface area contributed by atoms with Crippen LogP contribution in [0.5, 0.6) is 5.75 Å². The van der Waals surface area contributed by atoms with Gasteiger partial charge in [-0.2, -0.15) is 18.3 Å². The fourth-order valence-corrected chi connectivity index (χ4v) is 3.65. The minimum atomic E-state index is -4.44. The number of ether oxygens (including phenoxy) is 1. The van der Waals surface area contributed by atoms with Crippen LogP contribution >= 0.6 is 0 Å². The molecule has 31 heavy (non-hydrogen) atoms. The van der Waals surface area contributed by atoms with Crippen molar-refractivity contribution in [2.24, 2.45) is 0 Å². The van der Waals surface area contributed by atoms with E-state index in [2.05, 4.69) is 15.1 Å². The van der Waals surface area contributed by atoms with Gasteiger partial charge in [-0.15, -0.1) is 0 Å². The third kappa shape index (κ3) is 3.66. The first-order valence-electron chi connectivity index (χ1n) is 9.30. The lowest BCUT2D eigenvalue weighted by Gasteiger charge is -2.19. The van der Waals surface area contributed by atoms with E-state index in [-0.39, 0.29) is 11.3 Å². The fraction of sp³-hybridized carbons (Fsp3) is 0.300. The summed E-state index contributed by atoms with van der Waals surface area (Å²) in [6, 6.07) is 2.41. The average Bonchev–Trinajstić information content (AvgIpc) is 3.23. The zero-order valence-corrected chi connectivity index (χ0v) is 16.8. The van der Waals surface area contributed by atoms with E-state index in [1.807, 2.05) is 0 Å². The van der Waals surface area contributed by atoms with E-state index in [0.717, 1.165) is 6.20 Å². The maximum atomic E-state index is 12.9. The topological polar surface area (TPSA) is 93.1 Å². The van der Waals surface area contributed by atoms with Gasteiger partial charge >= 0.3 is 6.18 Å². The number of nitrogens with one attached hydrogen (secondary N) is 1. The number of hydrogen-bond donors (Lipinski definition) is 1. The molecule has 1 aliphatic heterocycles. The second-order valence-electron chi connectivity index (χ2n) is 7.21. The summed E-state index contributed by atoms with van der Waals surface area (Å²) in [5.41, 5.74) is 1.72. The Labute approximate surface area is 174 Å². The molecule has 1 N–H and O–H groups in total. The minimum absolute atomic E-state index is 0.0492. The normalized spacial score (nSPS) is 16.0. The quantitative estimate of drug-likeness (QED) is 0.682. The van der Waals surface area contributed by atoms with Crippen LogP contribution in [0.25, 0.3) is 11.3 Å². The van der Waals surface area contributed by atoms with Crippen LogP contribution in [0.4, 0.5) is 18.9 Å². The van der Waals surface area contributed by atoms with E-state index < -0.39 is 30.1 Å². The highest BCUT2D eigenvalue weighted by atomic mass is 19.4. The van der Waals surface area contributed by atoms with Gasteiger partial charge in [0.25, 0.3) is 5.91 Å². The smallest absolute Gasteiger partial charge is 0.408 e. The van der Waals surface area contributed by atoms with Crippen LogP contribution in [0, 0.1) is 6.92 Å². The lowest BCUT2D eigenvalue weighted by atomic mass is 10.1. The van der Waals surface area contributed by atoms with Crippen molar-refractivity contribution in [1.29, 1.82) is 0 Å². The molecule has 0 unspecified atom stereocenters. The molecule has 0 bridgehead atoms. The second kappa shape index (κ2) is 7.25. The molecule has 4 heterocycles. The largest absolute Gasteiger partial charge is 0.495 e. The summed E-state index contributed by atoms with van der Waals surface area (Å²) < 4.78 is 43.9. The molecular formula is C20H18F3N5O3. The predicted molar refractivity (Wildman–Crippen MR) is 105 cm³/mol. The Morgan fingerprint density at radius 2 is 1.97 bits per heavy atom. The van der Waals surface area contributed by atoms with Gasteiger partial charge in [0.2, 0.25) is 0 Å². The van der Waals surface area contributed by atoms with Crippen molar-refractivity contribution in [3.63, 3.8) is 0 Å². The molecule has 0 aliphatic carbocycles. The number of methoxy groups -OCH3 is 1. The first kappa shape index (κ1) is 20.6. The number of pyridine rings is 2. The van der Waals surface area contributed by atoms with Gasteiger partial charge in [-0.05, 0) is 19.9 Å². The van der Waals surface area contributed by atoms with Crippen LogP contribution in [-0.2, 0) is 6.54 Å². The Balaban J connectivity index is 1.73. The molecule has 1 aliphatic rings. The van der Waals surface area contributed by atoms with Crippen LogP contribution in [0.1, 0.15) is 34.7 Å². The van der Waals surface area contributed by atoms with E-state index >= 15 is 0 Å². The van der Waals surface area contributed by atoms with E-state index in [4.69, 9.17) is 4.74 Å². The number of aromatic nitrogens is 4. The van der Waals surface area contributed by atoms with Crippen molar-refractivity contribution >= 4 is 11.6 Å². The lowest BCUT2D eigenvalue weighted by Crippen LogP contribution is -2.27. The first-order valence-corrected chi connectivity index (χ1v) is 9.30. The predicted octanol–water partition coefficient (Wildman–Crippen LogP) is 3.23. The number of H-pyrrole nitrogens is 1. The Morgan fingerprint density at radius 1 is 1.23 bits per heavy atom. The third-order valence-corrected chi connectivity index (χ3v) is 5.11. The summed E-state index contributed by atoms with van der Waals surface area (Å²) in [4.78, 5) is 34.3. The molecule has 1 amide bonds. The van der Waals surface area contributed by atoms with Crippen molar-refractivity contribution in [1.82, 2.24) is 19.7 Å². The summed E-state index contributed by atoms with van der Waals surface area (Å²) in [6.45, 7) is 2.19. The highest BCUT2D eigenvalue weighted by Crippen LogP contribution is 2.36. The van der Waals surface area contributed by atoms with Crippen LogP contribution in [0.15, 0.2) is 35.5 Å². The summed E-state index contributed by atoms with van der Waals surface area (Å²) in [7, 11) is 1.51. The number of halogens is 3. The summed E-state index contributed by atoms with van der Waals surface area (Å²) in [6.07, 6.45) is -0.559. The zero-order chi connectivity index (χ0) is 22.5. The number of anilines is 1. The molecule has 0 radical (unpaired) electrons. The molecule has 0 fully saturated rings. The van der Waals surface area contributed by atoms with E-state index in [9.17, 15) is 22.8 Å². The number of hydrogen-bond acceptors (Lipinski definition) is 5. The number of nitrogens with zero attached hydrogens (tertiary/aromatic N) is 4. The number of carbonyl (C=O) groups is 1.